The molecule has 0 saturated heterocycles. The number of allylic oxidation sites excluding steroid dienone is 3. The minimum absolute atomic E-state index is 0.0385. The molecule has 0 spiro atoms. The third kappa shape index (κ3) is 3.61. The van der Waals surface area contributed by atoms with Crippen LogP contribution in [0, 0.1) is 5.92 Å². The van der Waals surface area contributed by atoms with Gasteiger partial charge in [0.05, 0.1) is 11.4 Å². The van der Waals surface area contributed by atoms with E-state index in [1.54, 1.807) is 15.5 Å². The number of carbonyl (C=O) groups excluding carboxylic acids is 1. The Labute approximate surface area is 160 Å². The Morgan fingerprint density at radius 3 is 2.67 bits per heavy atom. The smallest absolute Gasteiger partial charge is 0.251 e. The van der Waals surface area contributed by atoms with E-state index in [-0.39, 0.29) is 23.3 Å². The van der Waals surface area contributed by atoms with Gasteiger partial charge in [-0.15, -0.1) is 0 Å². The summed E-state index contributed by atoms with van der Waals surface area (Å²) in [5.41, 5.74) is 2.90. The topological polar surface area (TPSA) is 42.3 Å². The van der Waals surface area contributed by atoms with Crippen molar-refractivity contribution >= 4 is 22.5 Å². The van der Waals surface area contributed by atoms with Crippen LogP contribution in [-0.2, 0) is 11.3 Å². The Hall–Kier alpha value is -2.62. The molecule has 4 nitrogen and oxygen atoms in total. The minimum Gasteiger partial charge on any atom is -0.315 e. The zero-order valence-electron chi connectivity index (χ0n) is 16.6. The molecule has 1 aromatic heterocycles. The van der Waals surface area contributed by atoms with Crippen molar-refractivity contribution in [3.05, 3.63) is 64.5 Å². The lowest BCUT2D eigenvalue weighted by Crippen LogP contribution is -2.32. The largest absolute Gasteiger partial charge is 0.315 e. The average molecular weight is 364 g/mol. The molecule has 0 N–H and O–H groups in total. The fraction of sp³-hybridized carbons (Fsp3) is 0.391. The number of rotatable bonds is 5. The maximum Gasteiger partial charge on any atom is 0.251 e. The Morgan fingerprint density at radius 1 is 1.26 bits per heavy atom. The Morgan fingerprint density at radius 2 is 2.04 bits per heavy atom. The molecule has 2 atom stereocenters. The van der Waals surface area contributed by atoms with Gasteiger partial charge in [-0.25, -0.2) is 0 Å². The molecule has 0 bridgehead atoms. The number of nitrogens with zero attached hydrogens (tertiary/aromatic N) is 2. The van der Waals surface area contributed by atoms with Gasteiger partial charge in [-0.3, -0.25) is 9.59 Å². The summed E-state index contributed by atoms with van der Waals surface area (Å²) in [5, 5.41) is 1.06. The van der Waals surface area contributed by atoms with Crippen LogP contribution in [0.5, 0.6) is 0 Å². The summed E-state index contributed by atoms with van der Waals surface area (Å²) in [6.45, 7) is 6.88. The van der Waals surface area contributed by atoms with Crippen molar-refractivity contribution in [3.8, 4) is 0 Å². The van der Waals surface area contributed by atoms with Gasteiger partial charge in [-0.1, -0.05) is 38.2 Å². The lowest BCUT2D eigenvalue weighted by Gasteiger charge is -2.24. The SMILES string of the molecule is CCC(C)c1cc(=O)n(CC)c2ccc(N(C)C(=O)C3C=CC=CC3)cc12. The van der Waals surface area contributed by atoms with Crippen molar-refractivity contribution < 1.29 is 4.79 Å². The molecule has 0 radical (unpaired) electrons. The summed E-state index contributed by atoms with van der Waals surface area (Å²) >= 11 is 0. The Balaban J connectivity index is 2.09. The second-order valence-corrected chi connectivity index (χ2v) is 7.25. The number of amides is 1. The molecular weight excluding hydrogens is 336 g/mol. The third-order valence-corrected chi connectivity index (χ3v) is 5.60. The number of pyridine rings is 1. The second kappa shape index (κ2) is 7.95. The number of hydrogen-bond acceptors (Lipinski definition) is 2. The minimum atomic E-state index is -0.116. The molecule has 142 valence electrons. The molecular formula is C23H28N2O2. The summed E-state index contributed by atoms with van der Waals surface area (Å²) in [6, 6.07) is 7.74. The molecule has 1 amide bonds. The fourth-order valence-electron chi connectivity index (χ4n) is 3.70. The van der Waals surface area contributed by atoms with Crippen LogP contribution in [0.15, 0.2) is 53.4 Å². The van der Waals surface area contributed by atoms with Crippen LogP contribution in [0.4, 0.5) is 5.69 Å². The standard InChI is InChI=1S/C23H28N2O2/c1-5-16(3)19-15-22(26)25(6-2)21-13-12-18(14-20(19)21)24(4)23(27)17-10-8-7-9-11-17/h7-10,12-17H,5-6,11H2,1-4H3. The number of aryl methyl sites for hydroxylation is 1. The summed E-state index contributed by atoms with van der Waals surface area (Å²) in [7, 11) is 1.83. The van der Waals surface area contributed by atoms with Gasteiger partial charge >= 0.3 is 0 Å². The van der Waals surface area contributed by atoms with Gasteiger partial charge in [0.15, 0.2) is 0 Å². The van der Waals surface area contributed by atoms with E-state index in [1.165, 1.54) is 0 Å². The van der Waals surface area contributed by atoms with Gasteiger partial charge in [-0.05, 0) is 49.4 Å². The molecule has 4 heteroatoms. The van der Waals surface area contributed by atoms with Crippen LogP contribution in [0.2, 0.25) is 0 Å². The zero-order valence-corrected chi connectivity index (χ0v) is 16.6. The van der Waals surface area contributed by atoms with Crippen LogP contribution in [0.3, 0.4) is 0 Å². The first-order chi connectivity index (χ1) is 13.0. The molecule has 1 aliphatic carbocycles. The normalized spacial score (nSPS) is 17.3. The van der Waals surface area contributed by atoms with Gasteiger partial charge in [0.1, 0.15) is 0 Å². The molecule has 2 aromatic rings. The molecule has 0 aliphatic heterocycles. The van der Waals surface area contributed by atoms with Crippen molar-refractivity contribution in [2.45, 2.75) is 46.1 Å². The summed E-state index contributed by atoms with van der Waals surface area (Å²) in [6.07, 6.45) is 9.59. The maximum absolute atomic E-state index is 12.9. The van der Waals surface area contributed by atoms with Crippen LogP contribution < -0.4 is 10.5 Å². The Bertz CT molecular complexity index is 968. The van der Waals surface area contributed by atoms with E-state index in [0.717, 1.165) is 35.0 Å². The van der Waals surface area contributed by atoms with E-state index in [2.05, 4.69) is 19.9 Å². The first-order valence-corrected chi connectivity index (χ1v) is 9.76. The predicted molar refractivity (Wildman–Crippen MR) is 112 cm³/mol. The van der Waals surface area contributed by atoms with Crippen LogP contribution in [-0.4, -0.2) is 17.5 Å². The number of fused-ring (bicyclic) bond motifs is 1. The van der Waals surface area contributed by atoms with Crippen LogP contribution >= 0.6 is 0 Å². The van der Waals surface area contributed by atoms with Gasteiger partial charge in [0, 0.05) is 30.7 Å². The number of carbonyl (C=O) groups is 1. The van der Waals surface area contributed by atoms with E-state index < -0.39 is 0 Å². The monoisotopic (exact) mass is 364 g/mol. The first kappa shape index (κ1) is 19.2. The molecule has 0 fully saturated rings. The molecule has 1 aliphatic rings. The number of benzene rings is 1. The highest BCUT2D eigenvalue weighted by atomic mass is 16.2. The fourth-order valence-corrected chi connectivity index (χ4v) is 3.70. The van der Waals surface area contributed by atoms with Crippen molar-refractivity contribution in [3.63, 3.8) is 0 Å². The van der Waals surface area contributed by atoms with Crippen molar-refractivity contribution in [2.24, 2.45) is 5.92 Å². The lowest BCUT2D eigenvalue weighted by molar-refractivity contribution is -0.120. The molecule has 3 rings (SSSR count). The van der Waals surface area contributed by atoms with Crippen LogP contribution in [0.25, 0.3) is 10.9 Å². The highest BCUT2D eigenvalue weighted by Crippen LogP contribution is 2.30. The molecule has 27 heavy (non-hydrogen) atoms. The van der Waals surface area contributed by atoms with Crippen molar-refractivity contribution in [2.75, 3.05) is 11.9 Å². The van der Waals surface area contributed by atoms with Crippen molar-refractivity contribution in [1.82, 2.24) is 4.57 Å². The maximum atomic E-state index is 12.9. The zero-order chi connectivity index (χ0) is 19.6. The Kier molecular flexibility index (Phi) is 5.64. The number of hydrogen-bond donors (Lipinski definition) is 0. The average Bonchev–Trinajstić information content (AvgIpc) is 2.71. The van der Waals surface area contributed by atoms with E-state index in [1.807, 2.05) is 50.4 Å². The predicted octanol–water partition coefficient (Wildman–Crippen LogP) is 4.63. The van der Waals surface area contributed by atoms with Gasteiger partial charge in [-0.2, -0.15) is 0 Å². The molecule has 0 saturated carbocycles. The van der Waals surface area contributed by atoms with Crippen molar-refractivity contribution in [1.29, 1.82) is 0 Å². The van der Waals surface area contributed by atoms with E-state index >= 15 is 0 Å². The summed E-state index contributed by atoms with van der Waals surface area (Å²) in [5.74, 6) is 0.257. The third-order valence-electron chi connectivity index (χ3n) is 5.60. The van der Waals surface area contributed by atoms with Gasteiger partial charge in [0.2, 0.25) is 5.91 Å². The van der Waals surface area contributed by atoms with Crippen LogP contribution in [0.1, 0.15) is 45.1 Å². The van der Waals surface area contributed by atoms with E-state index in [4.69, 9.17) is 0 Å². The van der Waals surface area contributed by atoms with Gasteiger partial charge in [0.25, 0.3) is 5.56 Å². The first-order valence-electron chi connectivity index (χ1n) is 9.76. The molecule has 1 aromatic carbocycles. The second-order valence-electron chi connectivity index (χ2n) is 7.25. The highest BCUT2D eigenvalue weighted by Gasteiger charge is 2.21. The number of aromatic nitrogens is 1. The van der Waals surface area contributed by atoms with E-state index in [0.29, 0.717) is 6.54 Å². The summed E-state index contributed by atoms with van der Waals surface area (Å²) in [4.78, 5) is 27.1. The summed E-state index contributed by atoms with van der Waals surface area (Å²) < 4.78 is 1.79. The molecule has 1 heterocycles. The van der Waals surface area contributed by atoms with E-state index in [9.17, 15) is 9.59 Å². The lowest BCUT2D eigenvalue weighted by atomic mass is 9.94. The quantitative estimate of drug-likeness (QED) is 0.776. The number of anilines is 1. The highest BCUT2D eigenvalue weighted by molar-refractivity contribution is 5.98. The van der Waals surface area contributed by atoms with Gasteiger partial charge < -0.3 is 9.47 Å². The molecule has 2 unspecified atom stereocenters.